The van der Waals surface area contributed by atoms with Gasteiger partial charge >= 0.3 is 0 Å². The molecule has 1 heterocycles. The molecule has 1 atom stereocenters. The zero-order valence-corrected chi connectivity index (χ0v) is 15.2. The Hall–Kier alpha value is -1.00. The summed E-state index contributed by atoms with van der Waals surface area (Å²) in [6.07, 6.45) is 1.01. The van der Waals surface area contributed by atoms with Gasteiger partial charge in [0.05, 0.1) is 12.3 Å². The van der Waals surface area contributed by atoms with Crippen LogP contribution in [0.4, 0.5) is 5.69 Å². The van der Waals surface area contributed by atoms with E-state index < -0.39 is 0 Å². The molecule has 0 spiro atoms. The Morgan fingerprint density at radius 1 is 1.14 bits per heavy atom. The summed E-state index contributed by atoms with van der Waals surface area (Å²) in [7, 11) is 0. The van der Waals surface area contributed by atoms with Crippen LogP contribution in [-0.2, 0) is 6.42 Å². The molecule has 2 nitrogen and oxygen atoms in total. The van der Waals surface area contributed by atoms with E-state index in [1.807, 2.05) is 0 Å². The van der Waals surface area contributed by atoms with Crippen LogP contribution in [0.25, 0.3) is 0 Å². The van der Waals surface area contributed by atoms with Crippen LogP contribution in [0.15, 0.2) is 39.3 Å². The van der Waals surface area contributed by atoms with Gasteiger partial charge in [0.1, 0.15) is 5.75 Å². The minimum Gasteiger partial charge on any atom is -0.493 e. The molecule has 21 heavy (non-hydrogen) atoms. The molecule has 110 valence electrons. The number of benzene rings is 2. The second-order valence-corrected chi connectivity index (χ2v) is 7.14. The molecule has 3 rings (SSSR count). The van der Waals surface area contributed by atoms with E-state index in [1.165, 1.54) is 16.7 Å². The minimum atomic E-state index is 0.228. The van der Waals surface area contributed by atoms with Gasteiger partial charge in [-0.3, -0.25) is 0 Å². The second-order valence-electron chi connectivity index (χ2n) is 5.44. The van der Waals surface area contributed by atoms with Crippen molar-refractivity contribution in [2.45, 2.75) is 26.3 Å². The third-order valence-electron chi connectivity index (χ3n) is 3.76. The Labute approximate surface area is 142 Å². The summed E-state index contributed by atoms with van der Waals surface area (Å²) in [5.41, 5.74) is 4.90. The lowest BCUT2D eigenvalue weighted by atomic mass is 10.0. The van der Waals surface area contributed by atoms with Crippen LogP contribution in [0.2, 0.25) is 0 Å². The van der Waals surface area contributed by atoms with Gasteiger partial charge in [-0.15, -0.1) is 0 Å². The molecule has 1 N–H and O–H groups in total. The molecule has 0 aliphatic carbocycles. The molecule has 0 saturated carbocycles. The molecule has 0 aromatic heterocycles. The fraction of sp³-hybridized carbons (Fsp3) is 0.294. The van der Waals surface area contributed by atoms with Crippen LogP contribution in [0, 0.1) is 6.92 Å². The van der Waals surface area contributed by atoms with Crippen LogP contribution >= 0.6 is 31.9 Å². The number of hydrogen-bond donors (Lipinski definition) is 1. The van der Waals surface area contributed by atoms with E-state index in [0.29, 0.717) is 0 Å². The lowest BCUT2D eigenvalue weighted by molar-refractivity contribution is 0.357. The van der Waals surface area contributed by atoms with E-state index >= 15 is 0 Å². The van der Waals surface area contributed by atoms with Crippen molar-refractivity contribution in [3.63, 3.8) is 0 Å². The van der Waals surface area contributed by atoms with Crippen molar-refractivity contribution >= 4 is 37.5 Å². The predicted molar refractivity (Wildman–Crippen MR) is 94.3 cm³/mol. The van der Waals surface area contributed by atoms with Gasteiger partial charge in [-0.2, -0.15) is 0 Å². The zero-order chi connectivity index (χ0) is 15.0. The van der Waals surface area contributed by atoms with Gasteiger partial charge in [0.15, 0.2) is 0 Å². The zero-order valence-electron chi connectivity index (χ0n) is 12.0. The SMILES string of the molecule is Cc1cc(Br)c(NC(C)c2ccc3c(c2)CCO3)c(Br)c1. The largest absolute Gasteiger partial charge is 0.493 e. The summed E-state index contributed by atoms with van der Waals surface area (Å²) in [5.74, 6) is 1.03. The topological polar surface area (TPSA) is 21.3 Å². The molecular weight excluding hydrogens is 394 g/mol. The van der Waals surface area contributed by atoms with Gasteiger partial charge in [-0.25, -0.2) is 0 Å². The first-order valence-electron chi connectivity index (χ1n) is 7.02. The lowest BCUT2D eigenvalue weighted by Crippen LogP contribution is -2.08. The Bertz CT molecular complexity index is 661. The summed E-state index contributed by atoms with van der Waals surface area (Å²) < 4.78 is 7.72. The highest BCUT2D eigenvalue weighted by molar-refractivity contribution is 9.11. The van der Waals surface area contributed by atoms with Crippen LogP contribution in [-0.4, -0.2) is 6.61 Å². The third kappa shape index (κ3) is 3.11. The Morgan fingerprint density at radius 2 is 1.86 bits per heavy atom. The molecule has 0 radical (unpaired) electrons. The van der Waals surface area contributed by atoms with Crippen molar-refractivity contribution in [1.82, 2.24) is 0 Å². The number of hydrogen-bond acceptors (Lipinski definition) is 2. The summed E-state index contributed by atoms with van der Waals surface area (Å²) in [4.78, 5) is 0. The van der Waals surface area contributed by atoms with Crippen molar-refractivity contribution in [2.75, 3.05) is 11.9 Å². The highest BCUT2D eigenvalue weighted by Crippen LogP contribution is 2.36. The summed E-state index contributed by atoms with van der Waals surface area (Å²) in [6, 6.07) is 10.9. The Kier molecular flexibility index (Phi) is 4.27. The summed E-state index contributed by atoms with van der Waals surface area (Å²) in [6.45, 7) is 5.06. The van der Waals surface area contributed by atoms with E-state index in [4.69, 9.17) is 4.74 Å². The van der Waals surface area contributed by atoms with E-state index in [-0.39, 0.29) is 6.04 Å². The van der Waals surface area contributed by atoms with Crippen LogP contribution < -0.4 is 10.1 Å². The molecule has 2 aromatic carbocycles. The number of halogens is 2. The lowest BCUT2D eigenvalue weighted by Gasteiger charge is -2.19. The predicted octanol–water partition coefficient (Wildman–Crippen LogP) is 5.63. The van der Waals surface area contributed by atoms with Crippen molar-refractivity contribution in [1.29, 1.82) is 0 Å². The molecule has 0 amide bonds. The minimum absolute atomic E-state index is 0.228. The number of anilines is 1. The van der Waals surface area contributed by atoms with Gasteiger partial charge < -0.3 is 10.1 Å². The van der Waals surface area contributed by atoms with Gasteiger partial charge in [0.2, 0.25) is 0 Å². The second kappa shape index (κ2) is 6.01. The van der Waals surface area contributed by atoms with Crippen LogP contribution in [0.5, 0.6) is 5.75 Å². The normalized spacial score (nSPS) is 14.5. The van der Waals surface area contributed by atoms with Gasteiger partial charge in [-0.05, 0) is 86.7 Å². The molecule has 2 aromatic rings. The monoisotopic (exact) mass is 409 g/mol. The maximum Gasteiger partial charge on any atom is 0.122 e. The highest BCUT2D eigenvalue weighted by Gasteiger charge is 2.16. The Balaban J connectivity index is 1.85. The quantitative estimate of drug-likeness (QED) is 0.707. The number of fused-ring (bicyclic) bond motifs is 1. The van der Waals surface area contributed by atoms with E-state index in [1.54, 1.807) is 0 Å². The number of rotatable bonds is 3. The smallest absolute Gasteiger partial charge is 0.122 e. The molecular formula is C17H17Br2NO. The third-order valence-corrected chi connectivity index (χ3v) is 5.01. The first kappa shape index (κ1) is 14.9. The van der Waals surface area contributed by atoms with Gasteiger partial charge in [-0.1, -0.05) is 6.07 Å². The van der Waals surface area contributed by atoms with Gasteiger partial charge in [0, 0.05) is 21.4 Å². The molecule has 1 unspecified atom stereocenters. The summed E-state index contributed by atoms with van der Waals surface area (Å²) in [5, 5.41) is 3.58. The standard InChI is InChI=1S/C17H17Br2NO/c1-10-7-14(18)17(15(19)8-10)20-11(2)12-3-4-16-13(9-12)5-6-21-16/h3-4,7-9,11,20H,5-6H2,1-2H3. The highest BCUT2D eigenvalue weighted by atomic mass is 79.9. The van der Waals surface area contributed by atoms with E-state index in [9.17, 15) is 0 Å². The molecule has 0 saturated heterocycles. The van der Waals surface area contributed by atoms with Crippen LogP contribution in [0.3, 0.4) is 0 Å². The molecule has 0 bridgehead atoms. The maximum atomic E-state index is 5.57. The summed E-state index contributed by atoms with van der Waals surface area (Å²) >= 11 is 7.27. The molecule has 4 heteroatoms. The molecule has 1 aliphatic rings. The van der Waals surface area contributed by atoms with Gasteiger partial charge in [0.25, 0.3) is 0 Å². The van der Waals surface area contributed by atoms with Crippen molar-refractivity contribution in [3.8, 4) is 5.75 Å². The van der Waals surface area contributed by atoms with Crippen molar-refractivity contribution in [2.24, 2.45) is 0 Å². The average Bonchev–Trinajstić information content (AvgIpc) is 2.89. The average molecular weight is 411 g/mol. The van der Waals surface area contributed by atoms with Crippen molar-refractivity contribution in [3.05, 3.63) is 56.0 Å². The fourth-order valence-corrected chi connectivity index (χ4v) is 4.26. The van der Waals surface area contributed by atoms with E-state index in [2.05, 4.69) is 81.4 Å². The maximum absolute atomic E-state index is 5.57. The Morgan fingerprint density at radius 3 is 2.57 bits per heavy atom. The van der Waals surface area contributed by atoms with Crippen LogP contribution in [0.1, 0.15) is 29.7 Å². The first-order valence-corrected chi connectivity index (χ1v) is 8.61. The van der Waals surface area contributed by atoms with E-state index in [0.717, 1.165) is 33.4 Å². The number of aryl methyl sites for hydroxylation is 1. The number of nitrogens with one attached hydrogen (secondary N) is 1. The fourth-order valence-electron chi connectivity index (χ4n) is 2.61. The number of ether oxygens (including phenoxy) is 1. The molecule has 0 fully saturated rings. The van der Waals surface area contributed by atoms with Crippen molar-refractivity contribution < 1.29 is 4.74 Å². The first-order chi connectivity index (χ1) is 10.0. The molecule has 1 aliphatic heterocycles.